The summed E-state index contributed by atoms with van der Waals surface area (Å²) in [5.74, 6) is 6.76. The van der Waals surface area contributed by atoms with E-state index in [0.717, 1.165) is 10.4 Å². The molecular weight excluding hydrogens is 413 g/mol. The van der Waals surface area contributed by atoms with Crippen molar-refractivity contribution in [1.29, 1.82) is 0 Å². The minimum absolute atomic E-state index is 0.0319. The van der Waals surface area contributed by atoms with Crippen molar-refractivity contribution in [2.75, 3.05) is 18.6 Å². The maximum absolute atomic E-state index is 12.3. The van der Waals surface area contributed by atoms with Crippen molar-refractivity contribution in [3.63, 3.8) is 0 Å². The number of carbonyl (C=O) groups excluding carboxylic acids is 1. The number of rotatable bonds is 6. The van der Waals surface area contributed by atoms with Crippen molar-refractivity contribution in [3.05, 3.63) is 50.6 Å². The van der Waals surface area contributed by atoms with Crippen molar-refractivity contribution >= 4 is 52.2 Å². The molecule has 3 rings (SSSR count). The summed E-state index contributed by atoms with van der Waals surface area (Å²) >= 11 is 14.5. The van der Waals surface area contributed by atoms with E-state index in [2.05, 4.69) is 10.2 Å². The van der Waals surface area contributed by atoms with Gasteiger partial charge in [0.2, 0.25) is 11.1 Å². The molecular formula is C16H15Cl2N5OS2. The number of amides is 1. The largest absolute Gasteiger partial charge is 0.340 e. The normalized spacial score (nSPS) is 10.9. The summed E-state index contributed by atoms with van der Waals surface area (Å²) in [6, 6.07) is 10.9. The number of carbonyl (C=O) groups is 1. The smallest absolute Gasteiger partial charge is 0.233 e. The van der Waals surface area contributed by atoms with Crippen LogP contribution in [0.5, 0.6) is 0 Å². The lowest BCUT2D eigenvalue weighted by molar-refractivity contribution is -0.127. The molecule has 0 saturated carbocycles. The molecule has 2 aromatic heterocycles. The van der Waals surface area contributed by atoms with Gasteiger partial charge in [-0.15, -0.1) is 21.5 Å². The van der Waals surface area contributed by atoms with E-state index in [1.165, 1.54) is 27.8 Å². The fourth-order valence-electron chi connectivity index (χ4n) is 2.17. The highest BCUT2D eigenvalue weighted by molar-refractivity contribution is 7.99. The quantitative estimate of drug-likeness (QED) is 0.478. The molecule has 2 N–H and O–H groups in total. The Labute approximate surface area is 168 Å². The summed E-state index contributed by atoms with van der Waals surface area (Å²) in [5, 5.41) is 9.26. The zero-order valence-electron chi connectivity index (χ0n) is 13.7. The predicted molar refractivity (Wildman–Crippen MR) is 107 cm³/mol. The molecule has 0 unspecified atom stereocenters. The maximum atomic E-state index is 12.3. The molecule has 0 radical (unpaired) electrons. The van der Waals surface area contributed by atoms with Crippen LogP contribution < -0.4 is 5.84 Å². The third-order valence-electron chi connectivity index (χ3n) is 3.54. The van der Waals surface area contributed by atoms with Gasteiger partial charge in [0.1, 0.15) is 0 Å². The number of aromatic nitrogens is 3. The second-order valence-electron chi connectivity index (χ2n) is 5.43. The monoisotopic (exact) mass is 427 g/mol. The number of nitrogens with two attached hydrogens (primary N) is 1. The first-order valence-electron chi connectivity index (χ1n) is 7.51. The molecule has 0 spiro atoms. The molecule has 10 heteroatoms. The molecule has 0 atom stereocenters. The Morgan fingerprint density at radius 2 is 1.96 bits per heavy atom. The number of nitrogen functional groups attached to an aromatic ring is 1. The molecule has 0 bridgehead atoms. The SMILES string of the molecule is CN(Cc1ccc(Cl)s1)C(=O)CSc1nnc(-c2ccc(Cl)cc2)n1N. The number of halogens is 2. The fraction of sp³-hybridized carbons (Fsp3) is 0.188. The Bertz CT molecular complexity index is 910. The van der Waals surface area contributed by atoms with Gasteiger partial charge in [-0.2, -0.15) is 0 Å². The van der Waals surface area contributed by atoms with Gasteiger partial charge in [0, 0.05) is 22.5 Å². The van der Waals surface area contributed by atoms with Gasteiger partial charge < -0.3 is 10.7 Å². The molecule has 0 aliphatic rings. The summed E-state index contributed by atoms with van der Waals surface area (Å²) < 4.78 is 2.08. The van der Waals surface area contributed by atoms with E-state index in [-0.39, 0.29) is 11.7 Å². The molecule has 3 aromatic rings. The summed E-state index contributed by atoms with van der Waals surface area (Å²) in [6.45, 7) is 0.516. The van der Waals surface area contributed by atoms with Gasteiger partial charge in [0.15, 0.2) is 5.82 Å². The lowest BCUT2D eigenvalue weighted by atomic mass is 10.2. The highest BCUT2D eigenvalue weighted by Gasteiger charge is 2.16. The van der Waals surface area contributed by atoms with Crippen molar-refractivity contribution in [1.82, 2.24) is 19.8 Å². The van der Waals surface area contributed by atoms with Crippen molar-refractivity contribution in [3.8, 4) is 11.4 Å². The summed E-state index contributed by atoms with van der Waals surface area (Å²) in [4.78, 5) is 15.0. The predicted octanol–water partition coefficient (Wildman–Crippen LogP) is 3.78. The first-order valence-corrected chi connectivity index (χ1v) is 10.1. The van der Waals surface area contributed by atoms with Crippen LogP contribution >= 0.6 is 46.3 Å². The van der Waals surface area contributed by atoms with Crippen LogP contribution in [0.2, 0.25) is 9.36 Å². The molecule has 2 heterocycles. The number of nitrogens with zero attached hydrogens (tertiary/aromatic N) is 4. The molecule has 0 saturated heterocycles. The summed E-state index contributed by atoms with van der Waals surface area (Å²) in [6.07, 6.45) is 0. The average molecular weight is 428 g/mol. The topological polar surface area (TPSA) is 77.0 Å². The highest BCUT2D eigenvalue weighted by atomic mass is 35.5. The Morgan fingerprint density at radius 3 is 2.62 bits per heavy atom. The second kappa shape index (κ2) is 8.30. The van der Waals surface area contributed by atoms with Gasteiger partial charge in [-0.25, -0.2) is 4.68 Å². The minimum atomic E-state index is -0.0319. The maximum Gasteiger partial charge on any atom is 0.233 e. The molecule has 0 fully saturated rings. The van der Waals surface area contributed by atoms with Gasteiger partial charge in [0.05, 0.1) is 16.6 Å². The number of hydrogen-bond acceptors (Lipinski definition) is 6. The zero-order valence-corrected chi connectivity index (χ0v) is 16.9. The average Bonchev–Trinajstić information content (AvgIpc) is 3.19. The number of thiophene rings is 1. The highest BCUT2D eigenvalue weighted by Crippen LogP contribution is 2.24. The summed E-state index contributed by atoms with van der Waals surface area (Å²) in [7, 11) is 1.75. The third-order valence-corrected chi connectivity index (χ3v) is 5.94. The van der Waals surface area contributed by atoms with Crippen LogP contribution in [-0.2, 0) is 11.3 Å². The van der Waals surface area contributed by atoms with E-state index in [9.17, 15) is 4.79 Å². The van der Waals surface area contributed by atoms with Crippen LogP contribution in [0.15, 0.2) is 41.6 Å². The van der Waals surface area contributed by atoms with E-state index in [4.69, 9.17) is 29.0 Å². The standard InChI is InChI=1S/C16H15Cl2N5OS2/c1-22(8-12-6-7-13(18)26-12)14(24)9-25-16-21-20-15(23(16)19)10-2-4-11(17)5-3-10/h2-7H,8-9,19H2,1H3. The van der Waals surface area contributed by atoms with Crippen molar-refractivity contribution in [2.24, 2.45) is 0 Å². The van der Waals surface area contributed by atoms with E-state index in [1.807, 2.05) is 24.3 Å². The number of thioether (sulfide) groups is 1. The Hall–Kier alpha value is -1.74. The number of hydrogen-bond donors (Lipinski definition) is 1. The fourth-order valence-corrected chi connectivity index (χ4v) is 4.23. The van der Waals surface area contributed by atoms with E-state index in [0.29, 0.717) is 26.9 Å². The first-order chi connectivity index (χ1) is 12.4. The Balaban J connectivity index is 1.61. The molecule has 0 aliphatic heterocycles. The minimum Gasteiger partial charge on any atom is -0.340 e. The molecule has 26 heavy (non-hydrogen) atoms. The first kappa shape index (κ1) is 19.0. The van der Waals surface area contributed by atoms with Crippen LogP contribution in [0.4, 0.5) is 0 Å². The van der Waals surface area contributed by atoms with Crippen LogP contribution in [0.1, 0.15) is 4.88 Å². The molecule has 6 nitrogen and oxygen atoms in total. The molecule has 0 aliphatic carbocycles. The van der Waals surface area contributed by atoms with Gasteiger partial charge in [0.25, 0.3) is 0 Å². The van der Waals surface area contributed by atoms with Crippen LogP contribution in [-0.4, -0.2) is 38.5 Å². The van der Waals surface area contributed by atoms with Gasteiger partial charge in [-0.05, 0) is 36.4 Å². The Morgan fingerprint density at radius 1 is 1.23 bits per heavy atom. The van der Waals surface area contributed by atoms with Crippen molar-refractivity contribution in [2.45, 2.75) is 11.7 Å². The zero-order chi connectivity index (χ0) is 18.7. The third kappa shape index (κ3) is 4.50. The Kier molecular flexibility index (Phi) is 6.08. The number of benzene rings is 1. The van der Waals surface area contributed by atoms with E-state index >= 15 is 0 Å². The van der Waals surface area contributed by atoms with Crippen LogP contribution in [0.25, 0.3) is 11.4 Å². The molecule has 1 aromatic carbocycles. The second-order valence-corrected chi connectivity index (χ2v) is 8.61. The van der Waals surface area contributed by atoms with Gasteiger partial charge >= 0.3 is 0 Å². The van der Waals surface area contributed by atoms with Crippen LogP contribution in [0.3, 0.4) is 0 Å². The lowest BCUT2D eigenvalue weighted by Gasteiger charge is -2.15. The van der Waals surface area contributed by atoms with E-state index < -0.39 is 0 Å². The van der Waals surface area contributed by atoms with Gasteiger partial charge in [-0.1, -0.05) is 35.0 Å². The van der Waals surface area contributed by atoms with E-state index in [1.54, 1.807) is 24.1 Å². The van der Waals surface area contributed by atoms with Gasteiger partial charge in [-0.3, -0.25) is 4.79 Å². The molecule has 136 valence electrons. The lowest BCUT2D eigenvalue weighted by Crippen LogP contribution is -2.27. The van der Waals surface area contributed by atoms with Crippen LogP contribution in [0, 0.1) is 0 Å². The molecule has 1 amide bonds. The summed E-state index contributed by atoms with van der Waals surface area (Å²) in [5.41, 5.74) is 0.800. The van der Waals surface area contributed by atoms with Crippen molar-refractivity contribution < 1.29 is 4.79 Å².